The monoisotopic (exact) mass is 380 g/mol. The summed E-state index contributed by atoms with van der Waals surface area (Å²) in [6.45, 7) is 2.02. The number of anilines is 1. The SMILES string of the molecule is CC[C@@H](CO)Nc1cc(-c2cnn(C)c2)c2nc(-c3ccc(F)cc3)cn2n1. The van der Waals surface area contributed by atoms with Crippen LogP contribution in [-0.2, 0) is 7.05 Å². The van der Waals surface area contributed by atoms with Gasteiger partial charge >= 0.3 is 0 Å². The van der Waals surface area contributed by atoms with E-state index in [1.54, 1.807) is 27.5 Å². The average molecular weight is 380 g/mol. The Morgan fingerprint density at radius 2 is 1.96 bits per heavy atom. The number of imidazole rings is 1. The highest BCUT2D eigenvalue weighted by atomic mass is 19.1. The molecule has 0 aliphatic rings. The van der Waals surface area contributed by atoms with Crippen molar-refractivity contribution in [1.29, 1.82) is 0 Å². The van der Waals surface area contributed by atoms with E-state index in [-0.39, 0.29) is 18.5 Å². The number of aliphatic hydroxyl groups excluding tert-OH is 1. The Kier molecular flexibility index (Phi) is 4.79. The van der Waals surface area contributed by atoms with Crippen molar-refractivity contribution in [2.24, 2.45) is 7.05 Å². The summed E-state index contributed by atoms with van der Waals surface area (Å²) in [5, 5.41) is 21.6. The van der Waals surface area contributed by atoms with E-state index in [4.69, 9.17) is 4.98 Å². The van der Waals surface area contributed by atoms with Crippen molar-refractivity contribution in [2.45, 2.75) is 19.4 Å². The molecule has 3 heterocycles. The van der Waals surface area contributed by atoms with E-state index in [2.05, 4.69) is 15.5 Å². The maximum absolute atomic E-state index is 13.3. The predicted molar refractivity (Wildman–Crippen MR) is 105 cm³/mol. The van der Waals surface area contributed by atoms with Gasteiger partial charge in [0.25, 0.3) is 0 Å². The van der Waals surface area contributed by atoms with Gasteiger partial charge in [-0.1, -0.05) is 6.92 Å². The molecule has 3 aromatic heterocycles. The van der Waals surface area contributed by atoms with Gasteiger partial charge in [0, 0.05) is 29.9 Å². The third-order valence-corrected chi connectivity index (χ3v) is 4.65. The summed E-state index contributed by atoms with van der Waals surface area (Å²) >= 11 is 0. The van der Waals surface area contributed by atoms with Gasteiger partial charge in [-0.05, 0) is 36.8 Å². The normalized spacial score (nSPS) is 12.4. The average Bonchev–Trinajstić information content (AvgIpc) is 3.32. The van der Waals surface area contributed by atoms with E-state index in [9.17, 15) is 9.50 Å². The number of hydrogen-bond donors (Lipinski definition) is 2. The van der Waals surface area contributed by atoms with E-state index in [0.717, 1.165) is 23.1 Å². The summed E-state index contributed by atoms with van der Waals surface area (Å²) in [6.07, 6.45) is 6.26. The van der Waals surface area contributed by atoms with Crippen molar-refractivity contribution in [1.82, 2.24) is 24.4 Å². The number of fused-ring (bicyclic) bond motifs is 1. The van der Waals surface area contributed by atoms with Crippen LogP contribution in [0, 0.1) is 5.82 Å². The lowest BCUT2D eigenvalue weighted by Crippen LogP contribution is -2.23. The number of rotatable bonds is 6. The van der Waals surface area contributed by atoms with Crippen LogP contribution < -0.4 is 5.32 Å². The first kappa shape index (κ1) is 18.1. The van der Waals surface area contributed by atoms with Gasteiger partial charge in [0.1, 0.15) is 11.6 Å². The van der Waals surface area contributed by atoms with Crippen LogP contribution in [0.2, 0.25) is 0 Å². The van der Waals surface area contributed by atoms with Crippen LogP contribution in [0.1, 0.15) is 13.3 Å². The number of aliphatic hydroxyl groups is 1. The second-order valence-corrected chi connectivity index (χ2v) is 6.68. The lowest BCUT2D eigenvalue weighted by Gasteiger charge is -2.15. The fourth-order valence-corrected chi connectivity index (χ4v) is 3.07. The zero-order chi connectivity index (χ0) is 19.7. The number of benzene rings is 1. The molecule has 4 rings (SSSR count). The third kappa shape index (κ3) is 3.46. The van der Waals surface area contributed by atoms with Crippen LogP contribution in [0.5, 0.6) is 0 Å². The van der Waals surface area contributed by atoms with Gasteiger partial charge in [-0.3, -0.25) is 4.68 Å². The number of aryl methyl sites for hydroxylation is 1. The fraction of sp³-hybridized carbons (Fsp3) is 0.250. The molecular weight excluding hydrogens is 359 g/mol. The van der Waals surface area contributed by atoms with Gasteiger partial charge < -0.3 is 10.4 Å². The molecule has 0 aliphatic carbocycles. The molecule has 0 radical (unpaired) electrons. The summed E-state index contributed by atoms with van der Waals surface area (Å²) in [6, 6.07) is 8.03. The summed E-state index contributed by atoms with van der Waals surface area (Å²) < 4.78 is 16.7. The highest BCUT2D eigenvalue weighted by Crippen LogP contribution is 2.28. The largest absolute Gasteiger partial charge is 0.394 e. The minimum atomic E-state index is -0.289. The van der Waals surface area contributed by atoms with Crippen molar-refractivity contribution < 1.29 is 9.50 Å². The summed E-state index contributed by atoms with van der Waals surface area (Å²) in [5.74, 6) is 0.345. The Morgan fingerprint density at radius 1 is 1.18 bits per heavy atom. The van der Waals surface area contributed by atoms with Gasteiger partial charge in [-0.15, -0.1) is 5.10 Å². The lowest BCUT2D eigenvalue weighted by molar-refractivity contribution is 0.271. The molecule has 7 nitrogen and oxygen atoms in total. The van der Waals surface area contributed by atoms with Crippen LogP contribution in [0.15, 0.2) is 48.9 Å². The van der Waals surface area contributed by atoms with Crippen molar-refractivity contribution in [3.05, 3.63) is 54.7 Å². The van der Waals surface area contributed by atoms with Crippen molar-refractivity contribution in [3.8, 4) is 22.4 Å². The Labute approximate surface area is 161 Å². The molecule has 0 spiro atoms. The molecular formula is C20H21FN6O. The predicted octanol–water partition coefficient (Wildman–Crippen LogP) is 3.12. The van der Waals surface area contributed by atoms with Gasteiger partial charge in [-0.2, -0.15) is 5.10 Å². The van der Waals surface area contributed by atoms with Gasteiger partial charge in [0.05, 0.1) is 30.7 Å². The zero-order valence-electron chi connectivity index (χ0n) is 15.7. The molecule has 1 atom stereocenters. The second kappa shape index (κ2) is 7.40. The molecule has 4 aromatic rings. The molecule has 2 N–H and O–H groups in total. The molecule has 0 saturated carbocycles. The third-order valence-electron chi connectivity index (χ3n) is 4.65. The van der Waals surface area contributed by atoms with Gasteiger partial charge in [0.15, 0.2) is 5.65 Å². The smallest absolute Gasteiger partial charge is 0.162 e. The first-order chi connectivity index (χ1) is 13.6. The summed E-state index contributed by atoms with van der Waals surface area (Å²) in [5.41, 5.74) is 3.96. The van der Waals surface area contributed by atoms with Crippen molar-refractivity contribution in [3.63, 3.8) is 0 Å². The maximum atomic E-state index is 13.3. The highest BCUT2D eigenvalue weighted by Gasteiger charge is 2.15. The standard InChI is InChI=1S/C20H21FN6O/c1-3-16(12-28)23-19-8-17(14-9-22-26(2)10-14)20-24-18(11-27(20)25-19)13-4-6-15(21)7-5-13/h4-11,16,28H,3,12H2,1-2H3,(H,23,25)/t16-/m0/s1. The van der Waals surface area contributed by atoms with Gasteiger partial charge in [-0.25, -0.2) is 13.9 Å². The van der Waals surface area contributed by atoms with E-state index in [1.165, 1.54) is 12.1 Å². The van der Waals surface area contributed by atoms with Crippen LogP contribution in [0.25, 0.3) is 28.0 Å². The van der Waals surface area contributed by atoms with Crippen LogP contribution >= 0.6 is 0 Å². The van der Waals surface area contributed by atoms with Gasteiger partial charge in [0.2, 0.25) is 0 Å². The second-order valence-electron chi connectivity index (χ2n) is 6.68. The molecule has 0 aliphatic heterocycles. The topological polar surface area (TPSA) is 80.3 Å². The number of hydrogen-bond acceptors (Lipinski definition) is 5. The van der Waals surface area contributed by atoms with E-state index in [1.807, 2.05) is 32.4 Å². The minimum absolute atomic E-state index is 0.0171. The molecule has 0 saturated heterocycles. The molecule has 0 amide bonds. The van der Waals surface area contributed by atoms with E-state index in [0.29, 0.717) is 17.2 Å². The van der Waals surface area contributed by atoms with Crippen LogP contribution in [-0.4, -0.2) is 42.1 Å². The Bertz CT molecular complexity index is 1100. The molecule has 0 fully saturated rings. The first-order valence-corrected chi connectivity index (χ1v) is 9.10. The number of aromatic nitrogens is 5. The molecule has 144 valence electrons. The quantitative estimate of drug-likeness (QED) is 0.537. The first-order valence-electron chi connectivity index (χ1n) is 9.10. The Balaban J connectivity index is 1.86. The molecule has 28 heavy (non-hydrogen) atoms. The Hall–Kier alpha value is -3.26. The summed E-state index contributed by atoms with van der Waals surface area (Å²) in [7, 11) is 1.86. The minimum Gasteiger partial charge on any atom is -0.394 e. The molecule has 8 heteroatoms. The zero-order valence-corrected chi connectivity index (χ0v) is 15.7. The Morgan fingerprint density at radius 3 is 2.61 bits per heavy atom. The highest BCUT2D eigenvalue weighted by molar-refractivity contribution is 5.80. The van der Waals surface area contributed by atoms with Crippen molar-refractivity contribution >= 4 is 11.5 Å². The number of halogens is 1. The van der Waals surface area contributed by atoms with Crippen LogP contribution in [0.4, 0.5) is 10.2 Å². The number of nitrogens with zero attached hydrogens (tertiary/aromatic N) is 5. The number of nitrogens with one attached hydrogen (secondary N) is 1. The fourth-order valence-electron chi connectivity index (χ4n) is 3.07. The van der Waals surface area contributed by atoms with Crippen LogP contribution in [0.3, 0.4) is 0 Å². The van der Waals surface area contributed by atoms with E-state index < -0.39 is 0 Å². The molecule has 0 unspecified atom stereocenters. The lowest BCUT2D eigenvalue weighted by atomic mass is 10.1. The van der Waals surface area contributed by atoms with Crippen molar-refractivity contribution in [2.75, 3.05) is 11.9 Å². The summed E-state index contributed by atoms with van der Waals surface area (Å²) in [4.78, 5) is 4.72. The molecule has 1 aromatic carbocycles. The van der Waals surface area contributed by atoms with E-state index >= 15 is 0 Å². The molecule has 0 bridgehead atoms. The maximum Gasteiger partial charge on any atom is 0.162 e.